The monoisotopic (exact) mass is 323 g/mol. The molecule has 0 saturated carbocycles. The number of non-ortho nitro benzene ring substituents is 1. The molecule has 0 aromatic heterocycles. The zero-order valence-corrected chi connectivity index (χ0v) is 13.3. The van der Waals surface area contributed by atoms with Crippen LogP contribution in [0.3, 0.4) is 0 Å². The van der Waals surface area contributed by atoms with Gasteiger partial charge in [-0.2, -0.15) is 0 Å². The van der Waals surface area contributed by atoms with Gasteiger partial charge in [-0.25, -0.2) is 0 Å². The van der Waals surface area contributed by atoms with Gasteiger partial charge in [-0.05, 0) is 30.3 Å². The number of nitro benzene ring substituents is 1. The molecule has 25 heavy (non-hydrogen) atoms. The number of hydrogen-bond donors (Lipinski definition) is 0. The van der Waals surface area contributed by atoms with E-state index in [0.717, 1.165) is 11.1 Å². The molecule has 0 aliphatic rings. The molecule has 0 radical (unpaired) electrons. The summed E-state index contributed by atoms with van der Waals surface area (Å²) in [7, 11) is 0. The summed E-state index contributed by atoms with van der Waals surface area (Å²) in [5.41, 5.74) is 2.82. The van der Waals surface area contributed by atoms with Crippen molar-refractivity contribution in [3.05, 3.63) is 111 Å². The lowest BCUT2D eigenvalue weighted by molar-refractivity contribution is -0.384. The van der Waals surface area contributed by atoms with E-state index in [9.17, 15) is 10.1 Å². The number of rotatable bonds is 1. The third-order valence-electron chi connectivity index (χ3n) is 3.38. The quantitative estimate of drug-likeness (QED) is 0.378. The second-order valence-corrected chi connectivity index (χ2v) is 5.26. The first-order valence-corrected chi connectivity index (χ1v) is 7.64. The van der Waals surface area contributed by atoms with Crippen LogP contribution in [-0.4, -0.2) is 4.92 Å². The molecule has 3 heteroatoms. The van der Waals surface area contributed by atoms with E-state index in [1.807, 2.05) is 60.7 Å². The van der Waals surface area contributed by atoms with Gasteiger partial charge in [-0.3, -0.25) is 10.1 Å². The van der Waals surface area contributed by atoms with E-state index >= 15 is 0 Å². The van der Waals surface area contributed by atoms with Crippen molar-refractivity contribution < 1.29 is 4.92 Å². The van der Waals surface area contributed by atoms with Crippen molar-refractivity contribution in [3.8, 4) is 23.7 Å². The first-order chi connectivity index (χ1) is 12.2. The van der Waals surface area contributed by atoms with Crippen molar-refractivity contribution in [2.75, 3.05) is 0 Å². The number of nitro groups is 1. The molecule has 0 N–H and O–H groups in total. The Labute approximate surface area is 146 Å². The molecule has 0 saturated heterocycles. The van der Waals surface area contributed by atoms with Gasteiger partial charge in [0.25, 0.3) is 5.69 Å². The molecular formula is C22H13NO2. The second-order valence-electron chi connectivity index (χ2n) is 5.26. The van der Waals surface area contributed by atoms with Gasteiger partial charge in [0.1, 0.15) is 0 Å². The molecule has 0 aliphatic heterocycles. The predicted octanol–water partition coefficient (Wildman–Crippen LogP) is 4.39. The molecule has 0 amide bonds. The molecule has 3 aromatic rings. The Hall–Kier alpha value is -3.82. The molecule has 118 valence electrons. The highest BCUT2D eigenvalue weighted by Crippen LogP contribution is 2.16. The second kappa shape index (κ2) is 7.64. The zero-order valence-electron chi connectivity index (χ0n) is 13.3. The Morgan fingerprint density at radius 2 is 1.00 bits per heavy atom. The van der Waals surface area contributed by atoms with Gasteiger partial charge in [0.05, 0.1) is 4.92 Å². The molecular weight excluding hydrogens is 310 g/mol. The van der Waals surface area contributed by atoms with E-state index < -0.39 is 4.92 Å². The summed E-state index contributed by atoms with van der Waals surface area (Å²) >= 11 is 0. The molecule has 3 aromatic carbocycles. The van der Waals surface area contributed by atoms with Gasteiger partial charge >= 0.3 is 0 Å². The molecule has 0 fully saturated rings. The Morgan fingerprint density at radius 3 is 1.40 bits per heavy atom. The first-order valence-electron chi connectivity index (χ1n) is 7.64. The van der Waals surface area contributed by atoms with Crippen LogP contribution in [0.5, 0.6) is 0 Å². The standard InChI is InChI=1S/C22H13NO2/c24-23(25)22-16-20(13-11-18-7-3-1-4-8-18)15-21(17-22)14-12-19-9-5-2-6-10-19/h1-10,15-17H. The van der Waals surface area contributed by atoms with Crippen molar-refractivity contribution in [1.29, 1.82) is 0 Å². The molecule has 0 spiro atoms. The summed E-state index contributed by atoms with van der Waals surface area (Å²) in [6, 6.07) is 23.7. The minimum atomic E-state index is -0.429. The number of benzene rings is 3. The first kappa shape index (κ1) is 16.1. The number of hydrogen-bond acceptors (Lipinski definition) is 2. The zero-order chi connectivity index (χ0) is 17.5. The van der Waals surface area contributed by atoms with Crippen molar-refractivity contribution in [1.82, 2.24) is 0 Å². The fourth-order valence-corrected chi connectivity index (χ4v) is 2.19. The molecule has 0 aliphatic carbocycles. The lowest BCUT2D eigenvalue weighted by atomic mass is 10.1. The van der Waals surface area contributed by atoms with Crippen molar-refractivity contribution in [2.45, 2.75) is 0 Å². The molecule has 0 unspecified atom stereocenters. The van der Waals surface area contributed by atoms with E-state index in [4.69, 9.17) is 0 Å². The van der Waals surface area contributed by atoms with Gasteiger partial charge in [-0.1, -0.05) is 60.1 Å². The minimum absolute atomic E-state index is 0.0165. The van der Waals surface area contributed by atoms with Crippen LogP contribution in [0.1, 0.15) is 22.3 Å². The highest BCUT2D eigenvalue weighted by Gasteiger charge is 2.07. The van der Waals surface area contributed by atoms with Crippen LogP contribution in [0.15, 0.2) is 78.9 Å². The maximum absolute atomic E-state index is 11.2. The molecule has 3 rings (SSSR count). The summed E-state index contributed by atoms with van der Waals surface area (Å²) in [6.45, 7) is 0. The summed E-state index contributed by atoms with van der Waals surface area (Å²) in [5.74, 6) is 12.0. The maximum Gasteiger partial charge on any atom is 0.271 e. The van der Waals surface area contributed by atoms with Gasteiger partial charge < -0.3 is 0 Å². The average Bonchev–Trinajstić information content (AvgIpc) is 2.66. The van der Waals surface area contributed by atoms with Gasteiger partial charge in [-0.15, -0.1) is 0 Å². The van der Waals surface area contributed by atoms with E-state index in [-0.39, 0.29) is 5.69 Å². The van der Waals surface area contributed by atoms with Crippen LogP contribution in [-0.2, 0) is 0 Å². The van der Waals surface area contributed by atoms with Crippen LogP contribution in [0.25, 0.3) is 0 Å². The van der Waals surface area contributed by atoms with E-state index in [1.54, 1.807) is 6.07 Å². The lowest BCUT2D eigenvalue weighted by Crippen LogP contribution is -1.91. The summed E-state index contributed by atoms with van der Waals surface area (Å²) in [6.07, 6.45) is 0. The van der Waals surface area contributed by atoms with Crippen molar-refractivity contribution in [2.24, 2.45) is 0 Å². The largest absolute Gasteiger partial charge is 0.271 e. The Kier molecular flexibility index (Phi) is 4.90. The van der Waals surface area contributed by atoms with E-state index in [1.165, 1.54) is 12.1 Å². The van der Waals surface area contributed by atoms with Gasteiger partial charge in [0.15, 0.2) is 0 Å². The fourth-order valence-electron chi connectivity index (χ4n) is 2.19. The molecule has 0 atom stereocenters. The summed E-state index contributed by atoms with van der Waals surface area (Å²) in [4.78, 5) is 10.7. The summed E-state index contributed by atoms with van der Waals surface area (Å²) in [5, 5.41) is 11.2. The van der Waals surface area contributed by atoms with Crippen LogP contribution in [0.4, 0.5) is 5.69 Å². The van der Waals surface area contributed by atoms with Crippen molar-refractivity contribution >= 4 is 5.69 Å². The smallest absolute Gasteiger partial charge is 0.258 e. The SMILES string of the molecule is O=[N+]([O-])c1cc(C#Cc2ccccc2)cc(C#Cc2ccccc2)c1. The average molecular weight is 323 g/mol. The lowest BCUT2D eigenvalue weighted by Gasteiger charge is -1.96. The van der Waals surface area contributed by atoms with Gasteiger partial charge in [0, 0.05) is 34.4 Å². The Morgan fingerprint density at radius 1 is 0.600 bits per heavy atom. The third-order valence-corrected chi connectivity index (χ3v) is 3.38. The fraction of sp³-hybridized carbons (Fsp3) is 0. The maximum atomic E-state index is 11.2. The predicted molar refractivity (Wildman–Crippen MR) is 97.9 cm³/mol. The van der Waals surface area contributed by atoms with Crippen molar-refractivity contribution in [3.63, 3.8) is 0 Å². The number of nitrogens with zero attached hydrogens (tertiary/aromatic N) is 1. The highest BCUT2D eigenvalue weighted by atomic mass is 16.6. The molecule has 0 bridgehead atoms. The van der Waals surface area contributed by atoms with E-state index in [2.05, 4.69) is 23.7 Å². The Bertz CT molecular complexity index is 942. The highest BCUT2D eigenvalue weighted by molar-refractivity contribution is 5.54. The Balaban J connectivity index is 1.97. The normalized spacial score (nSPS) is 9.28. The van der Waals surface area contributed by atoms with Crippen LogP contribution < -0.4 is 0 Å². The topological polar surface area (TPSA) is 43.1 Å². The van der Waals surface area contributed by atoms with E-state index in [0.29, 0.717) is 11.1 Å². The van der Waals surface area contributed by atoms with Gasteiger partial charge in [0.2, 0.25) is 0 Å². The molecule has 0 heterocycles. The van der Waals surface area contributed by atoms with Crippen LogP contribution >= 0.6 is 0 Å². The summed E-state index contributed by atoms with van der Waals surface area (Å²) < 4.78 is 0. The molecule has 3 nitrogen and oxygen atoms in total. The third kappa shape index (κ3) is 4.58. The van der Waals surface area contributed by atoms with Crippen LogP contribution in [0.2, 0.25) is 0 Å². The minimum Gasteiger partial charge on any atom is -0.258 e. The van der Waals surface area contributed by atoms with Crippen LogP contribution in [0, 0.1) is 33.8 Å².